The van der Waals surface area contributed by atoms with Crippen LogP contribution in [0.2, 0.25) is 0 Å². The molecule has 1 N–H and O–H groups in total. The van der Waals surface area contributed by atoms with Gasteiger partial charge in [0.15, 0.2) is 11.5 Å². The van der Waals surface area contributed by atoms with Crippen molar-refractivity contribution in [2.24, 2.45) is 0 Å². The zero-order valence-corrected chi connectivity index (χ0v) is 13.5. The normalized spacial score (nSPS) is 20.2. The highest BCUT2D eigenvalue weighted by Crippen LogP contribution is 2.15. The molecule has 0 spiro atoms. The molecule has 0 bridgehead atoms. The van der Waals surface area contributed by atoms with E-state index < -0.39 is 23.2 Å². The van der Waals surface area contributed by atoms with Crippen LogP contribution in [0.3, 0.4) is 0 Å². The average molecular weight is 348 g/mol. The molecule has 1 aromatic carbocycles. The zero-order valence-electron chi connectivity index (χ0n) is 13.5. The Morgan fingerprint density at radius 2 is 2.12 bits per heavy atom. The molecule has 0 radical (unpaired) electrons. The lowest BCUT2D eigenvalue weighted by Crippen LogP contribution is -2.50. The Balaban J connectivity index is 1.63. The van der Waals surface area contributed by atoms with E-state index in [1.165, 1.54) is 0 Å². The van der Waals surface area contributed by atoms with Crippen molar-refractivity contribution >= 4 is 5.91 Å². The molecule has 1 amide bonds. The van der Waals surface area contributed by atoms with Crippen LogP contribution >= 0.6 is 0 Å². The summed E-state index contributed by atoms with van der Waals surface area (Å²) in [6.45, 7) is 1.18. The fraction of sp³-hybridized carbons (Fsp3) is 0.333. The van der Waals surface area contributed by atoms with E-state index in [0.29, 0.717) is 32.3 Å². The number of hydrogen-bond acceptors (Lipinski definition) is 4. The molecule has 7 heteroatoms. The van der Waals surface area contributed by atoms with Gasteiger partial charge in [0.2, 0.25) is 0 Å². The maximum atomic E-state index is 13.7. The standard InChI is InChI=1S/C18H18F2N2O3/c19-13-8-14(20)17(21-9-13)18(23)22-15-6-7-24-11-16(15)25-10-12-4-2-1-3-5-12/h1-5,8-9,15-16H,6-7,10-11H2,(H,22,23)/t15-,16-/m1/s1. The Kier molecular flexibility index (Phi) is 5.67. The van der Waals surface area contributed by atoms with Crippen LogP contribution in [0.1, 0.15) is 22.5 Å². The van der Waals surface area contributed by atoms with Crippen molar-refractivity contribution in [1.29, 1.82) is 0 Å². The second kappa shape index (κ2) is 8.13. The molecule has 0 saturated carbocycles. The Hall–Kier alpha value is -2.38. The molecule has 1 aliphatic heterocycles. The number of nitrogens with one attached hydrogen (secondary N) is 1. The number of hydrogen-bond donors (Lipinski definition) is 1. The molecule has 2 heterocycles. The van der Waals surface area contributed by atoms with E-state index in [2.05, 4.69) is 10.3 Å². The lowest BCUT2D eigenvalue weighted by molar-refractivity contribution is -0.0736. The van der Waals surface area contributed by atoms with E-state index in [0.717, 1.165) is 11.8 Å². The SMILES string of the molecule is O=C(N[C@@H]1CCOC[C@H]1OCc1ccccc1)c1ncc(F)cc1F. The van der Waals surface area contributed by atoms with Crippen molar-refractivity contribution < 1.29 is 23.0 Å². The van der Waals surface area contributed by atoms with Crippen molar-refractivity contribution in [1.82, 2.24) is 10.3 Å². The maximum absolute atomic E-state index is 13.7. The van der Waals surface area contributed by atoms with Gasteiger partial charge >= 0.3 is 0 Å². The number of halogens is 2. The number of rotatable bonds is 5. The van der Waals surface area contributed by atoms with Crippen molar-refractivity contribution in [2.45, 2.75) is 25.2 Å². The van der Waals surface area contributed by atoms with Crippen LogP contribution in [0, 0.1) is 11.6 Å². The number of carbonyl (C=O) groups is 1. The largest absolute Gasteiger partial charge is 0.379 e. The topological polar surface area (TPSA) is 60.5 Å². The number of ether oxygens (including phenoxy) is 2. The summed E-state index contributed by atoms with van der Waals surface area (Å²) < 4.78 is 37.9. The van der Waals surface area contributed by atoms with E-state index in [1.54, 1.807) is 0 Å². The third-order valence-corrected chi connectivity index (χ3v) is 3.95. The molecule has 132 valence electrons. The molecular formula is C18H18F2N2O3. The van der Waals surface area contributed by atoms with Gasteiger partial charge in [0.05, 0.1) is 25.5 Å². The predicted molar refractivity (Wildman–Crippen MR) is 85.9 cm³/mol. The number of nitrogens with zero attached hydrogens (tertiary/aromatic N) is 1. The van der Waals surface area contributed by atoms with E-state index in [9.17, 15) is 13.6 Å². The lowest BCUT2D eigenvalue weighted by Gasteiger charge is -2.32. The van der Waals surface area contributed by atoms with Crippen molar-refractivity contribution in [2.75, 3.05) is 13.2 Å². The molecule has 1 fully saturated rings. The summed E-state index contributed by atoms with van der Waals surface area (Å²) in [5.41, 5.74) is 0.569. The van der Waals surface area contributed by atoms with E-state index in [-0.39, 0.29) is 12.1 Å². The van der Waals surface area contributed by atoms with Gasteiger partial charge < -0.3 is 14.8 Å². The first kappa shape index (κ1) is 17.4. The molecule has 2 aromatic rings. The number of amides is 1. The van der Waals surface area contributed by atoms with Gasteiger partial charge in [-0.1, -0.05) is 30.3 Å². The molecule has 0 aliphatic carbocycles. The predicted octanol–water partition coefficient (Wildman–Crippen LogP) is 2.46. The van der Waals surface area contributed by atoms with E-state index in [4.69, 9.17) is 9.47 Å². The van der Waals surface area contributed by atoms with E-state index in [1.807, 2.05) is 30.3 Å². The molecular weight excluding hydrogens is 330 g/mol. The van der Waals surface area contributed by atoms with Gasteiger partial charge in [-0.15, -0.1) is 0 Å². The van der Waals surface area contributed by atoms with Crippen LogP contribution in [0.25, 0.3) is 0 Å². The zero-order chi connectivity index (χ0) is 17.6. The highest BCUT2D eigenvalue weighted by atomic mass is 19.1. The van der Waals surface area contributed by atoms with Crippen molar-refractivity contribution in [3.8, 4) is 0 Å². The maximum Gasteiger partial charge on any atom is 0.273 e. The Bertz CT molecular complexity index is 728. The molecule has 1 saturated heterocycles. The number of carbonyl (C=O) groups excluding carboxylic acids is 1. The molecule has 3 rings (SSSR count). The minimum Gasteiger partial charge on any atom is -0.379 e. The lowest BCUT2D eigenvalue weighted by atomic mass is 10.1. The summed E-state index contributed by atoms with van der Waals surface area (Å²) in [5.74, 6) is -2.52. The van der Waals surface area contributed by atoms with E-state index >= 15 is 0 Å². The Morgan fingerprint density at radius 1 is 1.32 bits per heavy atom. The summed E-state index contributed by atoms with van der Waals surface area (Å²) in [6, 6.07) is 9.92. The first-order valence-electron chi connectivity index (χ1n) is 7.98. The Morgan fingerprint density at radius 3 is 2.88 bits per heavy atom. The molecule has 5 nitrogen and oxygen atoms in total. The fourth-order valence-electron chi connectivity index (χ4n) is 2.64. The van der Waals surface area contributed by atoms with Gasteiger partial charge in [-0.3, -0.25) is 4.79 Å². The van der Waals surface area contributed by atoms with Gasteiger partial charge in [-0.25, -0.2) is 13.8 Å². The second-order valence-electron chi connectivity index (χ2n) is 5.76. The quantitative estimate of drug-likeness (QED) is 0.902. The summed E-state index contributed by atoms with van der Waals surface area (Å²) in [5, 5.41) is 2.71. The summed E-state index contributed by atoms with van der Waals surface area (Å²) >= 11 is 0. The molecule has 1 aromatic heterocycles. The first-order valence-corrected chi connectivity index (χ1v) is 7.98. The third kappa shape index (κ3) is 4.58. The summed E-state index contributed by atoms with van der Waals surface area (Å²) in [7, 11) is 0. The second-order valence-corrected chi connectivity index (χ2v) is 5.76. The van der Waals surface area contributed by atoms with Crippen LogP contribution in [0.15, 0.2) is 42.6 Å². The highest BCUT2D eigenvalue weighted by Gasteiger charge is 2.29. The average Bonchev–Trinajstić information content (AvgIpc) is 2.61. The van der Waals surface area contributed by atoms with Gasteiger partial charge in [0, 0.05) is 12.7 Å². The number of pyridine rings is 1. The van der Waals surface area contributed by atoms with Crippen LogP contribution in [-0.2, 0) is 16.1 Å². The van der Waals surface area contributed by atoms with Crippen LogP contribution in [-0.4, -0.2) is 36.3 Å². The van der Waals surface area contributed by atoms with Gasteiger partial charge in [0.1, 0.15) is 11.9 Å². The fourth-order valence-corrected chi connectivity index (χ4v) is 2.64. The van der Waals surface area contributed by atoms with Crippen LogP contribution in [0.4, 0.5) is 8.78 Å². The molecule has 0 unspecified atom stereocenters. The first-order chi connectivity index (χ1) is 12.1. The number of aromatic nitrogens is 1. The van der Waals surface area contributed by atoms with Crippen LogP contribution in [0.5, 0.6) is 0 Å². The highest BCUT2D eigenvalue weighted by molar-refractivity contribution is 5.92. The van der Waals surface area contributed by atoms with Crippen molar-refractivity contribution in [3.63, 3.8) is 0 Å². The summed E-state index contributed by atoms with van der Waals surface area (Å²) in [6.07, 6.45) is 0.987. The smallest absolute Gasteiger partial charge is 0.273 e. The minimum atomic E-state index is -0.994. The van der Waals surface area contributed by atoms with Gasteiger partial charge in [-0.05, 0) is 12.0 Å². The third-order valence-electron chi connectivity index (χ3n) is 3.95. The van der Waals surface area contributed by atoms with Gasteiger partial charge in [0.25, 0.3) is 5.91 Å². The van der Waals surface area contributed by atoms with Gasteiger partial charge in [-0.2, -0.15) is 0 Å². The monoisotopic (exact) mass is 348 g/mol. The number of benzene rings is 1. The molecule has 2 atom stereocenters. The summed E-state index contributed by atoms with van der Waals surface area (Å²) in [4.78, 5) is 15.8. The van der Waals surface area contributed by atoms with Crippen LogP contribution < -0.4 is 5.32 Å². The van der Waals surface area contributed by atoms with Crippen molar-refractivity contribution in [3.05, 3.63) is 65.5 Å². The Labute approximate surface area is 144 Å². The molecule has 1 aliphatic rings. The molecule has 25 heavy (non-hydrogen) atoms. The minimum absolute atomic E-state index is 0.330.